The number of likely N-dealkylation sites (tertiary alicyclic amines) is 1. The van der Waals surface area contributed by atoms with Gasteiger partial charge in [-0.2, -0.15) is 0 Å². The molecule has 1 saturated heterocycles. The fraction of sp³-hybridized carbons (Fsp3) is 0.476. The Balaban J connectivity index is 1.41. The number of benzene rings is 1. The number of rotatable bonds is 2. The predicted octanol–water partition coefficient (Wildman–Crippen LogP) is 5.27. The van der Waals surface area contributed by atoms with Crippen molar-refractivity contribution in [2.45, 2.75) is 37.5 Å². The highest BCUT2D eigenvalue weighted by molar-refractivity contribution is 9.10. The first-order chi connectivity index (χ1) is 14.4. The molecule has 5 rings (SSSR count). The largest absolute Gasteiger partial charge is 0.341 e. The molecule has 1 aromatic heterocycles. The van der Waals surface area contributed by atoms with Crippen molar-refractivity contribution in [3.05, 3.63) is 38.8 Å². The van der Waals surface area contributed by atoms with Gasteiger partial charge in [0.2, 0.25) is 5.91 Å². The number of carbonyl (C=O) groups excluding carboxylic acids is 2. The molecule has 2 aromatic rings. The Labute approximate surface area is 192 Å². The summed E-state index contributed by atoms with van der Waals surface area (Å²) in [6.07, 6.45) is 6.72. The quantitative estimate of drug-likeness (QED) is 0.600. The fourth-order valence-corrected chi connectivity index (χ4v) is 6.30. The van der Waals surface area contributed by atoms with Gasteiger partial charge in [0.15, 0.2) is 5.13 Å². The number of hydrogen-bond acceptors (Lipinski definition) is 4. The van der Waals surface area contributed by atoms with Crippen LogP contribution in [0.1, 0.15) is 37.7 Å². The second-order valence-corrected chi connectivity index (χ2v) is 11.0. The summed E-state index contributed by atoms with van der Waals surface area (Å²) >= 11 is 10.8. The zero-order chi connectivity index (χ0) is 20.9. The maximum absolute atomic E-state index is 13.1. The number of amides is 3. The Morgan fingerprint density at radius 2 is 2.07 bits per heavy atom. The maximum atomic E-state index is 13.1. The van der Waals surface area contributed by atoms with E-state index in [9.17, 15) is 9.59 Å². The average molecular weight is 510 g/mol. The number of aromatic nitrogens is 1. The van der Waals surface area contributed by atoms with Crippen LogP contribution in [0.4, 0.5) is 15.6 Å². The number of urea groups is 1. The van der Waals surface area contributed by atoms with E-state index in [4.69, 9.17) is 11.6 Å². The molecule has 3 aliphatic rings. The van der Waals surface area contributed by atoms with Crippen LogP contribution in [-0.2, 0) is 10.2 Å². The number of nitrogens with one attached hydrogen (secondary N) is 1. The van der Waals surface area contributed by atoms with Gasteiger partial charge in [-0.15, -0.1) is 0 Å². The van der Waals surface area contributed by atoms with Crippen LogP contribution in [0.25, 0.3) is 0 Å². The van der Waals surface area contributed by atoms with Gasteiger partial charge in [-0.05, 0) is 43.0 Å². The minimum absolute atomic E-state index is 0.178. The molecule has 0 bridgehead atoms. The van der Waals surface area contributed by atoms with Crippen molar-refractivity contribution in [3.63, 3.8) is 0 Å². The molecule has 1 saturated carbocycles. The molecular formula is C21H22BrClN4O2S. The van der Waals surface area contributed by atoms with Gasteiger partial charge in [-0.3, -0.25) is 15.0 Å². The first-order valence-electron chi connectivity index (χ1n) is 10.2. The van der Waals surface area contributed by atoms with E-state index in [2.05, 4.69) is 32.3 Å². The van der Waals surface area contributed by atoms with Crippen molar-refractivity contribution in [1.82, 2.24) is 9.88 Å². The molecule has 1 N–H and O–H groups in total. The zero-order valence-corrected chi connectivity index (χ0v) is 19.5. The molecule has 158 valence electrons. The van der Waals surface area contributed by atoms with E-state index in [1.165, 1.54) is 17.5 Å². The number of carbonyl (C=O) groups is 2. The summed E-state index contributed by atoms with van der Waals surface area (Å²) < 4.78 is 1.51. The summed E-state index contributed by atoms with van der Waals surface area (Å²) in [5.74, 6) is 0.471. The van der Waals surface area contributed by atoms with Crippen LogP contribution in [0, 0.1) is 5.92 Å². The molecule has 2 aliphatic heterocycles. The first-order valence-corrected chi connectivity index (χ1v) is 12.2. The van der Waals surface area contributed by atoms with E-state index in [1.807, 2.05) is 17.0 Å². The lowest BCUT2D eigenvalue weighted by Gasteiger charge is -2.27. The van der Waals surface area contributed by atoms with Gasteiger partial charge >= 0.3 is 6.03 Å². The summed E-state index contributed by atoms with van der Waals surface area (Å²) in [5.41, 5.74) is 1.80. The van der Waals surface area contributed by atoms with Crippen LogP contribution in [-0.4, -0.2) is 41.5 Å². The molecule has 30 heavy (non-hydrogen) atoms. The number of thiazole rings is 1. The summed E-state index contributed by atoms with van der Waals surface area (Å²) in [4.78, 5) is 34.1. The summed E-state index contributed by atoms with van der Waals surface area (Å²) in [7, 11) is 0. The van der Waals surface area contributed by atoms with Crippen LogP contribution in [0.5, 0.6) is 0 Å². The van der Waals surface area contributed by atoms with Gasteiger partial charge in [0.25, 0.3) is 0 Å². The molecule has 1 unspecified atom stereocenters. The predicted molar refractivity (Wildman–Crippen MR) is 122 cm³/mol. The van der Waals surface area contributed by atoms with E-state index in [0.29, 0.717) is 28.5 Å². The molecule has 1 aliphatic carbocycles. The highest BCUT2D eigenvalue weighted by Crippen LogP contribution is 2.48. The highest BCUT2D eigenvalue weighted by Gasteiger charge is 2.50. The van der Waals surface area contributed by atoms with E-state index >= 15 is 0 Å². The van der Waals surface area contributed by atoms with Gasteiger partial charge in [0.1, 0.15) is 4.34 Å². The minimum atomic E-state index is -0.231. The number of hydrogen-bond donors (Lipinski definition) is 1. The summed E-state index contributed by atoms with van der Waals surface area (Å²) in [5, 5.41) is 3.34. The molecule has 1 aromatic carbocycles. The number of halogens is 2. The second kappa shape index (κ2) is 7.80. The van der Waals surface area contributed by atoms with Crippen molar-refractivity contribution < 1.29 is 9.59 Å². The molecule has 0 radical (unpaired) electrons. The van der Waals surface area contributed by atoms with Crippen molar-refractivity contribution in [1.29, 1.82) is 0 Å². The molecule has 6 nitrogen and oxygen atoms in total. The lowest BCUT2D eigenvalue weighted by atomic mass is 9.81. The molecular weight excluding hydrogens is 488 g/mol. The monoisotopic (exact) mass is 508 g/mol. The minimum Gasteiger partial charge on any atom is -0.341 e. The zero-order valence-electron chi connectivity index (χ0n) is 16.4. The Morgan fingerprint density at radius 1 is 1.27 bits per heavy atom. The molecule has 9 heteroatoms. The lowest BCUT2D eigenvalue weighted by Crippen LogP contribution is -2.42. The molecule has 1 spiro atoms. The standard InChI is InChI=1S/C21H22BrClN4O2S/c22-14-5-6-16-15(9-14)21(7-8-26(11-21)18(28)13-3-1-2-4-13)12-27(16)20(29)25-19-24-10-17(23)30-19/h5-6,9-10,13H,1-4,7-8,11-12H2,(H,24,25,29). The van der Waals surface area contributed by atoms with Crippen molar-refractivity contribution in [2.24, 2.45) is 5.92 Å². The number of anilines is 2. The molecule has 1 atom stereocenters. The van der Waals surface area contributed by atoms with Gasteiger partial charge < -0.3 is 4.90 Å². The Kier molecular flexibility index (Phi) is 5.27. The Bertz CT molecular complexity index is 1010. The average Bonchev–Trinajstić information content (AvgIpc) is 3.51. The van der Waals surface area contributed by atoms with Crippen LogP contribution < -0.4 is 10.2 Å². The van der Waals surface area contributed by atoms with Gasteiger partial charge in [0.05, 0.1) is 6.20 Å². The van der Waals surface area contributed by atoms with Crippen LogP contribution in [0.3, 0.4) is 0 Å². The number of fused-ring (bicyclic) bond motifs is 2. The van der Waals surface area contributed by atoms with Gasteiger partial charge in [-0.1, -0.05) is 51.7 Å². The SMILES string of the molecule is O=C(C1CCCC1)N1CCC2(C1)CN(C(=O)Nc1ncc(Cl)s1)c1ccc(Br)cc12. The lowest BCUT2D eigenvalue weighted by molar-refractivity contribution is -0.134. The summed E-state index contributed by atoms with van der Waals surface area (Å²) in [6, 6.07) is 5.81. The molecule has 2 fully saturated rings. The Morgan fingerprint density at radius 3 is 2.80 bits per heavy atom. The molecule has 3 amide bonds. The van der Waals surface area contributed by atoms with Gasteiger partial charge in [-0.25, -0.2) is 9.78 Å². The van der Waals surface area contributed by atoms with Crippen molar-refractivity contribution in [3.8, 4) is 0 Å². The van der Waals surface area contributed by atoms with Gasteiger partial charge in [0, 0.05) is 41.1 Å². The van der Waals surface area contributed by atoms with E-state index in [0.717, 1.165) is 54.4 Å². The number of nitrogens with zero attached hydrogens (tertiary/aromatic N) is 3. The smallest absolute Gasteiger partial charge is 0.328 e. The van der Waals surface area contributed by atoms with E-state index in [1.54, 1.807) is 4.90 Å². The highest BCUT2D eigenvalue weighted by atomic mass is 79.9. The van der Waals surface area contributed by atoms with Crippen molar-refractivity contribution >= 4 is 61.6 Å². The van der Waals surface area contributed by atoms with Crippen LogP contribution in [0.15, 0.2) is 28.9 Å². The summed E-state index contributed by atoms with van der Waals surface area (Å²) in [6.45, 7) is 1.97. The normalized spacial score (nSPS) is 23.4. The topological polar surface area (TPSA) is 65.5 Å². The fourth-order valence-electron chi connectivity index (χ4n) is 5.13. The van der Waals surface area contributed by atoms with E-state index in [-0.39, 0.29) is 17.4 Å². The van der Waals surface area contributed by atoms with Crippen LogP contribution in [0.2, 0.25) is 4.34 Å². The third kappa shape index (κ3) is 3.52. The maximum Gasteiger partial charge on any atom is 0.328 e. The van der Waals surface area contributed by atoms with E-state index < -0.39 is 0 Å². The second-order valence-electron chi connectivity index (χ2n) is 8.42. The third-order valence-electron chi connectivity index (χ3n) is 6.59. The molecule has 3 heterocycles. The first kappa shape index (κ1) is 20.3. The van der Waals surface area contributed by atoms with Crippen molar-refractivity contribution in [2.75, 3.05) is 29.9 Å². The Hall–Kier alpha value is -1.64. The van der Waals surface area contributed by atoms with Crippen LogP contribution >= 0.6 is 38.9 Å². The third-order valence-corrected chi connectivity index (χ3v) is 8.11.